The Bertz CT molecular complexity index is 961. The zero-order chi connectivity index (χ0) is 17.3. The maximum absolute atomic E-state index is 12.5. The van der Waals surface area contributed by atoms with E-state index in [0.29, 0.717) is 19.7 Å². The average molecular weight is 376 g/mol. The van der Waals surface area contributed by atoms with Crippen molar-refractivity contribution in [2.24, 2.45) is 0 Å². The van der Waals surface area contributed by atoms with Gasteiger partial charge in [-0.15, -0.1) is 0 Å². The third kappa shape index (κ3) is 3.36. The summed E-state index contributed by atoms with van der Waals surface area (Å²) in [4.78, 5) is 12.9. The molecule has 3 aromatic rings. The van der Waals surface area contributed by atoms with Gasteiger partial charge < -0.3 is 11.1 Å². The van der Waals surface area contributed by atoms with E-state index in [1.807, 2.05) is 43.3 Å². The number of nitrogen functional groups attached to an aromatic ring is 1. The summed E-state index contributed by atoms with van der Waals surface area (Å²) >= 11 is 12.5. The third-order valence-corrected chi connectivity index (χ3v) is 5.05. The molecule has 0 aliphatic heterocycles. The predicted molar refractivity (Wildman–Crippen MR) is 103 cm³/mol. The second-order valence-electron chi connectivity index (χ2n) is 5.22. The third-order valence-electron chi connectivity index (χ3n) is 3.41. The molecule has 0 unspecified atom stereocenters. The molecule has 122 valence electrons. The van der Waals surface area contributed by atoms with E-state index in [4.69, 9.17) is 29.6 Å². The maximum atomic E-state index is 12.5. The molecule has 0 fully saturated rings. The smallest absolute Gasteiger partial charge is 0.269 e. The zero-order valence-corrected chi connectivity index (χ0v) is 15.1. The first-order chi connectivity index (χ1) is 11.5. The van der Waals surface area contributed by atoms with Crippen molar-refractivity contribution in [1.82, 2.24) is 4.57 Å². The van der Waals surface area contributed by atoms with Crippen LogP contribution < -0.4 is 11.1 Å². The van der Waals surface area contributed by atoms with Crippen molar-refractivity contribution in [1.29, 1.82) is 0 Å². The molecule has 0 saturated heterocycles. The summed E-state index contributed by atoms with van der Waals surface area (Å²) in [5, 5.41) is 3.47. The summed E-state index contributed by atoms with van der Waals surface area (Å²) in [6.07, 6.45) is 0. The van der Waals surface area contributed by atoms with Crippen molar-refractivity contribution < 1.29 is 4.79 Å². The van der Waals surface area contributed by atoms with Crippen LogP contribution >= 0.6 is 35.2 Å². The highest BCUT2D eigenvalue weighted by Gasteiger charge is 2.18. The molecule has 7 heteroatoms. The van der Waals surface area contributed by atoms with Crippen molar-refractivity contribution in [2.45, 2.75) is 6.92 Å². The summed E-state index contributed by atoms with van der Waals surface area (Å²) in [6, 6.07) is 14.7. The van der Waals surface area contributed by atoms with Crippen LogP contribution in [0.4, 0.5) is 11.5 Å². The molecule has 4 nitrogen and oxygen atoms in total. The first-order valence-corrected chi connectivity index (χ1v) is 8.71. The summed E-state index contributed by atoms with van der Waals surface area (Å²) in [6.45, 7) is 1.96. The molecule has 0 spiro atoms. The minimum Gasteiger partial charge on any atom is -0.383 e. The molecule has 0 atom stereocenters. The SMILES string of the molecule is Cc1cccc(NC(=O)c2sc(=S)n(-c3ccc(Cl)cc3)c2N)c1. The number of anilines is 2. The number of hydrogen-bond donors (Lipinski definition) is 2. The first-order valence-electron chi connectivity index (χ1n) is 7.11. The van der Waals surface area contributed by atoms with Crippen LogP contribution in [-0.2, 0) is 0 Å². The first kappa shape index (κ1) is 16.7. The highest BCUT2D eigenvalue weighted by Crippen LogP contribution is 2.27. The Balaban J connectivity index is 1.95. The number of hydrogen-bond acceptors (Lipinski definition) is 4. The molecule has 0 saturated carbocycles. The van der Waals surface area contributed by atoms with Crippen LogP contribution in [0, 0.1) is 10.9 Å². The lowest BCUT2D eigenvalue weighted by atomic mass is 10.2. The second kappa shape index (κ2) is 6.76. The maximum Gasteiger partial charge on any atom is 0.269 e. The van der Waals surface area contributed by atoms with E-state index in [2.05, 4.69) is 5.32 Å². The van der Waals surface area contributed by atoms with Crippen LogP contribution in [0.3, 0.4) is 0 Å². The van der Waals surface area contributed by atoms with E-state index < -0.39 is 0 Å². The number of benzene rings is 2. The Kier molecular flexibility index (Phi) is 4.71. The van der Waals surface area contributed by atoms with E-state index in [1.54, 1.807) is 16.7 Å². The Morgan fingerprint density at radius 1 is 1.25 bits per heavy atom. The van der Waals surface area contributed by atoms with Crippen molar-refractivity contribution >= 4 is 52.6 Å². The molecular weight excluding hydrogens is 362 g/mol. The van der Waals surface area contributed by atoms with Crippen LogP contribution in [0.1, 0.15) is 15.2 Å². The number of nitrogens with zero attached hydrogens (tertiary/aromatic N) is 1. The topological polar surface area (TPSA) is 60.0 Å². The number of aromatic nitrogens is 1. The molecule has 0 radical (unpaired) electrons. The van der Waals surface area contributed by atoms with Gasteiger partial charge in [0.25, 0.3) is 5.91 Å². The minimum atomic E-state index is -0.276. The quantitative estimate of drug-likeness (QED) is 0.628. The van der Waals surface area contributed by atoms with Crippen LogP contribution in [0.5, 0.6) is 0 Å². The van der Waals surface area contributed by atoms with E-state index in [1.165, 1.54) is 11.3 Å². The van der Waals surface area contributed by atoms with E-state index in [0.717, 1.165) is 16.9 Å². The highest BCUT2D eigenvalue weighted by molar-refractivity contribution is 7.73. The molecule has 0 bridgehead atoms. The Hall–Kier alpha value is -2.15. The molecule has 3 rings (SSSR count). The van der Waals surface area contributed by atoms with Crippen LogP contribution in [0.25, 0.3) is 5.69 Å². The monoisotopic (exact) mass is 375 g/mol. The number of amides is 1. The Morgan fingerprint density at radius 2 is 1.96 bits per heavy atom. The fourth-order valence-corrected chi connectivity index (χ4v) is 3.68. The number of halogens is 1. The minimum absolute atomic E-state index is 0.276. The largest absolute Gasteiger partial charge is 0.383 e. The predicted octanol–water partition coefficient (Wildman–Crippen LogP) is 5.06. The number of thiazole rings is 1. The number of nitrogens with one attached hydrogen (secondary N) is 1. The standard InChI is InChI=1S/C17H14ClN3OS2/c1-10-3-2-4-12(9-10)20-16(22)14-15(19)21(17(23)24-14)13-7-5-11(18)6-8-13/h2-9H,19H2,1H3,(H,20,22). The van der Waals surface area contributed by atoms with Gasteiger partial charge >= 0.3 is 0 Å². The number of rotatable bonds is 3. The van der Waals surface area contributed by atoms with Gasteiger partial charge in [-0.2, -0.15) is 0 Å². The average Bonchev–Trinajstić information content (AvgIpc) is 2.83. The summed E-state index contributed by atoms with van der Waals surface area (Å²) in [5.74, 6) is 0.0411. The molecule has 24 heavy (non-hydrogen) atoms. The molecule has 3 N–H and O–H groups in total. The number of carbonyl (C=O) groups excluding carboxylic acids is 1. The summed E-state index contributed by atoms with van der Waals surface area (Å²) < 4.78 is 2.17. The molecule has 1 amide bonds. The number of aryl methyl sites for hydroxylation is 1. The summed E-state index contributed by atoms with van der Waals surface area (Å²) in [7, 11) is 0. The van der Waals surface area contributed by atoms with Gasteiger partial charge in [0.1, 0.15) is 10.7 Å². The highest BCUT2D eigenvalue weighted by atomic mass is 35.5. The van der Waals surface area contributed by atoms with E-state index >= 15 is 0 Å². The Labute approximate surface area is 153 Å². The van der Waals surface area contributed by atoms with E-state index in [9.17, 15) is 4.79 Å². The molecule has 0 aliphatic rings. The van der Waals surface area contributed by atoms with Gasteiger partial charge in [0, 0.05) is 16.4 Å². The second-order valence-corrected chi connectivity index (χ2v) is 7.30. The number of nitrogens with two attached hydrogens (primary N) is 1. The fraction of sp³-hybridized carbons (Fsp3) is 0.0588. The van der Waals surface area contributed by atoms with Crippen molar-refractivity contribution in [3.05, 3.63) is 67.9 Å². The van der Waals surface area contributed by atoms with Crippen LogP contribution in [0.15, 0.2) is 48.5 Å². The zero-order valence-electron chi connectivity index (χ0n) is 12.7. The molecular formula is C17H14ClN3OS2. The van der Waals surface area contributed by atoms with Gasteiger partial charge in [-0.05, 0) is 61.1 Å². The Morgan fingerprint density at radius 3 is 2.62 bits per heavy atom. The van der Waals surface area contributed by atoms with E-state index in [-0.39, 0.29) is 5.91 Å². The van der Waals surface area contributed by atoms with Gasteiger partial charge in [-0.25, -0.2) is 0 Å². The molecule has 2 aromatic carbocycles. The summed E-state index contributed by atoms with van der Waals surface area (Å²) in [5.41, 5.74) is 8.72. The lowest BCUT2D eigenvalue weighted by molar-refractivity contribution is 0.103. The van der Waals surface area contributed by atoms with Gasteiger partial charge in [-0.1, -0.05) is 35.1 Å². The molecule has 0 aliphatic carbocycles. The van der Waals surface area contributed by atoms with Gasteiger partial charge in [0.15, 0.2) is 3.95 Å². The van der Waals surface area contributed by atoms with Crippen molar-refractivity contribution in [3.8, 4) is 5.69 Å². The normalized spacial score (nSPS) is 10.6. The molecule has 1 aromatic heterocycles. The van der Waals surface area contributed by atoms with Gasteiger partial charge in [0.05, 0.1) is 0 Å². The van der Waals surface area contributed by atoms with Crippen molar-refractivity contribution in [3.63, 3.8) is 0 Å². The van der Waals surface area contributed by atoms with Gasteiger partial charge in [-0.3, -0.25) is 9.36 Å². The lowest BCUT2D eigenvalue weighted by Crippen LogP contribution is -2.13. The lowest BCUT2D eigenvalue weighted by Gasteiger charge is -2.07. The fourth-order valence-electron chi connectivity index (χ4n) is 2.29. The number of carbonyl (C=O) groups is 1. The van der Waals surface area contributed by atoms with Crippen molar-refractivity contribution in [2.75, 3.05) is 11.1 Å². The molecule has 1 heterocycles. The van der Waals surface area contributed by atoms with Crippen LogP contribution in [-0.4, -0.2) is 10.5 Å². The van der Waals surface area contributed by atoms with Crippen LogP contribution in [0.2, 0.25) is 5.02 Å². The van der Waals surface area contributed by atoms with Gasteiger partial charge in [0.2, 0.25) is 0 Å².